The van der Waals surface area contributed by atoms with Gasteiger partial charge in [0, 0.05) is 37.4 Å². The molecule has 0 spiro atoms. The van der Waals surface area contributed by atoms with Gasteiger partial charge in [-0.3, -0.25) is 9.80 Å². The number of unbranched alkanes of at least 4 members (excludes halogenated alkanes) is 6. The third kappa shape index (κ3) is 24.4. The molecule has 8 aliphatic carbocycles. The van der Waals surface area contributed by atoms with Gasteiger partial charge in [0.2, 0.25) is 0 Å². The summed E-state index contributed by atoms with van der Waals surface area (Å²) < 4.78 is 11.9. The fourth-order valence-corrected chi connectivity index (χ4v) is 25.5. The van der Waals surface area contributed by atoms with Crippen LogP contribution in [0.15, 0.2) is 30.3 Å². The zero-order valence-corrected chi connectivity index (χ0v) is 75.1. The molecule has 0 bridgehead atoms. The van der Waals surface area contributed by atoms with Crippen LogP contribution in [0.3, 0.4) is 0 Å². The Bertz CT molecular complexity index is 2260. The van der Waals surface area contributed by atoms with Gasteiger partial charge in [0.05, 0.1) is 19.3 Å². The van der Waals surface area contributed by atoms with Gasteiger partial charge in [-0.25, -0.2) is 0 Å². The molecule has 20 unspecified atom stereocenters. The molecule has 1 aromatic carbocycles. The van der Waals surface area contributed by atoms with Crippen LogP contribution in [0.25, 0.3) is 0 Å². The molecule has 0 amide bonds. The van der Waals surface area contributed by atoms with E-state index in [-0.39, 0.29) is 40.9 Å². The van der Waals surface area contributed by atoms with Crippen LogP contribution in [-0.4, -0.2) is 79.2 Å². The number of aryl methyl sites for hydroxylation is 1. The van der Waals surface area contributed by atoms with E-state index in [1.54, 1.807) is 12.8 Å². The van der Waals surface area contributed by atoms with E-state index in [0.29, 0.717) is 10.8 Å². The van der Waals surface area contributed by atoms with Crippen molar-refractivity contribution in [2.45, 2.75) is 344 Å². The fraction of sp³-hybridized carbons (Fsp3) is 0.882. The second-order valence-electron chi connectivity index (χ2n) is 37.6. The molecule has 2 heterocycles. The first-order valence-corrected chi connectivity index (χ1v) is 55.8. The Morgan fingerprint density at radius 2 is 0.833 bits per heavy atom. The van der Waals surface area contributed by atoms with E-state index in [1.165, 1.54) is 211 Å². The van der Waals surface area contributed by atoms with Gasteiger partial charge in [0.25, 0.3) is 0 Å². The van der Waals surface area contributed by atoms with E-state index < -0.39 is 49.8 Å². The SMILES string of the molecule is CC1CCC2C(C1)C1C(C3CCCCC3C1C(C)(C)C1CCC(CCCCCCOC(C)(C)C)C1)N2CCCc1ccccc1.CC1CCC2C(C1)C1C(C3CCCCC3C1C(C)(C)C1CCC(CCCCCCOC(C)(C)C)C1)N2C[Si](C)(C)C.[CH3-].[CH3-].[CH3-].[CH3-].[Cl][Zr+2][Cl].[Cl][Zr+2][Cl]. The summed E-state index contributed by atoms with van der Waals surface area (Å²) in [5.74, 6) is 15.6. The van der Waals surface area contributed by atoms with Crippen molar-refractivity contribution >= 4 is 42.1 Å². The summed E-state index contributed by atoms with van der Waals surface area (Å²) in [6.45, 7) is 40.6. The first-order valence-electron chi connectivity index (χ1n) is 39.5. The summed E-state index contributed by atoms with van der Waals surface area (Å²) in [4.78, 5) is 6.45. The molecule has 0 radical (unpaired) electrons. The molecule has 2 saturated heterocycles. The van der Waals surface area contributed by atoms with Gasteiger partial charge in [-0.1, -0.05) is 181 Å². The van der Waals surface area contributed by atoms with Crippen LogP contribution in [0.2, 0.25) is 19.6 Å². The third-order valence-electron chi connectivity index (χ3n) is 27.4. The Morgan fingerprint density at radius 1 is 0.448 bits per heavy atom. The molecule has 0 aromatic heterocycles. The van der Waals surface area contributed by atoms with E-state index in [9.17, 15) is 0 Å². The summed E-state index contributed by atoms with van der Waals surface area (Å²) in [7, 11) is 18.6. The van der Waals surface area contributed by atoms with E-state index in [2.05, 4.69) is 143 Å². The van der Waals surface area contributed by atoms with Gasteiger partial charge in [-0.15, -0.1) is 0 Å². The van der Waals surface area contributed by atoms with E-state index in [1.807, 2.05) is 0 Å². The van der Waals surface area contributed by atoms with Gasteiger partial charge in [-0.2, -0.15) is 0 Å². The molecule has 20 atom stereocenters. The van der Waals surface area contributed by atoms with Crippen molar-refractivity contribution < 1.29 is 51.2 Å². The van der Waals surface area contributed by atoms with Crippen LogP contribution >= 0.6 is 34.1 Å². The van der Waals surface area contributed by atoms with Crippen LogP contribution in [0.1, 0.15) is 288 Å². The zero-order chi connectivity index (χ0) is 66.6. The summed E-state index contributed by atoms with van der Waals surface area (Å²) in [5, 5.41) is 0. The van der Waals surface area contributed by atoms with Gasteiger partial charge in [-0.05, 0) is 281 Å². The Labute approximate surface area is 637 Å². The first kappa shape index (κ1) is 90.6. The predicted molar refractivity (Wildman–Crippen MR) is 420 cm³/mol. The van der Waals surface area contributed by atoms with E-state index in [0.717, 1.165) is 132 Å². The fourth-order valence-electron chi connectivity index (χ4n) is 24.0. The summed E-state index contributed by atoms with van der Waals surface area (Å²) in [5.41, 5.74) is 2.57. The van der Waals surface area contributed by atoms with Crippen molar-refractivity contribution in [3.8, 4) is 0 Å². The van der Waals surface area contributed by atoms with Crippen molar-refractivity contribution in [3.05, 3.63) is 65.6 Å². The molecular weight excluding hydrogens is 1430 g/mol. The molecule has 556 valence electrons. The second kappa shape index (κ2) is 42.1. The Kier molecular flexibility index (Phi) is 39.7. The predicted octanol–water partition coefficient (Wildman–Crippen LogP) is 26.5. The molecule has 2 aliphatic heterocycles. The normalized spacial score (nSPS) is 34.7. The van der Waals surface area contributed by atoms with Crippen LogP contribution in [0.5, 0.6) is 0 Å². The van der Waals surface area contributed by atoms with Crippen molar-refractivity contribution in [2.24, 2.45) is 106 Å². The van der Waals surface area contributed by atoms with Gasteiger partial charge in [0.15, 0.2) is 0 Å². The van der Waals surface area contributed by atoms with Gasteiger partial charge < -0.3 is 39.2 Å². The number of rotatable bonds is 24. The molecule has 10 fully saturated rings. The second-order valence-corrected chi connectivity index (χ2v) is 50.5. The number of fused-ring (bicyclic) bond motifs is 10. The summed E-state index contributed by atoms with van der Waals surface area (Å²) in [6.07, 6.45) is 48.1. The minimum atomic E-state index is -1.15. The molecule has 10 aliphatic rings. The van der Waals surface area contributed by atoms with Gasteiger partial charge in [0.1, 0.15) is 0 Å². The summed E-state index contributed by atoms with van der Waals surface area (Å²) in [6, 6.07) is 14.9. The maximum atomic E-state index is 5.96. The van der Waals surface area contributed by atoms with Crippen molar-refractivity contribution in [1.29, 1.82) is 0 Å². The van der Waals surface area contributed by atoms with Crippen LogP contribution < -0.4 is 0 Å². The molecule has 4 nitrogen and oxygen atoms in total. The Balaban J connectivity index is 0.000000365. The van der Waals surface area contributed by atoms with E-state index >= 15 is 0 Å². The number of hydrogen-bond donors (Lipinski definition) is 0. The molecule has 96 heavy (non-hydrogen) atoms. The first-order chi connectivity index (χ1) is 43.7. The van der Waals surface area contributed by atoms with Crippen molar-refractivity contribution in [1.82, 2.24) is 9.80 Å². The Morgan fingerprint density at radius 3 is 1.24 bits per heavy atom. The standard InChI is InChI=1S/C43H71NO.C38H71NOSi.4CH3.4ClH.2Zr/c1-31-23-26-38-37(29-31)39-40(43(5,6)34-25-24-33(30-34)19-10-7-8-15-28-45-42(2,3)4)35-21-13-14-22-36(35)41(39)44(38)27-16-20-32-17-11-9-12-18-32;1-27-19-22-33-32(24-27)34-35(30-17-13-14-18-31(30)36(34)39(33)26-41(7,8)9)38(5,6)29-21-20-28(25-29)16-12-10-11-15-23-40-37(2,3)4;;;;;;;;;;/h9,11-12,17-18,31,33-41H,7-8,10,13-16,19-30H2,1-6H3;27-36H,10-26H2,1-9H3;4*1H3;4*1H;;/q;;4*-1;;;;;2*+4/p-4. The van der Waals surface area contributed by atoms with E-state index in [4.69, 9.17) is 43.5 Å². The number of hydrogen-bond acceptors (Lipinski definition) is 4. The third-order valence-corrected chi connectivity index (χ3v) is 28.7. The number of likely N-dealkylation sites (tertiary alicyclic amines) is 2. The molecule has 11 heteroatoms. The van der Waals surface area contributed by atoms with Crippen LogP contribution in [0.4, 0.5) is 0 Å². The average Bonchev–Trinajstić information content (AvgIpc) is 1.55. The zero-order valence-electron chi connectivity index (χ0n) is 66.1. The summed E-state index contributed by atoms with van der Waals surface area (Å²) >= 11 is -1.65. The van der Waals surface area contributed by atoms with Gasteiger partial charge >= 0.3 is 75.7 Å². The quantitative estimate of drug-likeness (QED) is 0.0585. The monoisotopic (exact) mass is 1580 g/mol. The maximum absolute atomic E-state index is 5.96. The van der Waals surface area contributed by atoms with Crippen molar-refractivity contribution in [3.63, 3.8) is 0 Å². The number of ether oxygens (including phenoxy) is 2. The molecule has 11 rings (SSSR count). The average molecular weight is 1590 g/mol. The topological polar surface area (TPSA) is 24.9 Å². The number of benzene rings is 1. The number of halogens is 4. The molecule has 1 aromatic rings. The number of nitrogens with zero attached hydrogens (tertiary/aromatic N) is 2. The van der Waals surface area contributed by atoms with Crippen LogP contribution in [0, 0.1) is 135 Å². The molecular formula is C85H154Cl4N2O2SiZr2. The molecule has 8 saturated carbocycles. The molecule has 0 N–H and O–H groups in total. The van der Waals surface area contributed by atoms with Crippen molar-refractivity contribution in [2.75, 3.05) is 25.9 Å². The van der Waals surface area contributed by atoms with Crippen LogP contribution in [-0.2, 0) is 57.6 Å². The Hall–Kier alpha value is 2.20. The minimum absolute atomic E-state index is 0.